The number of thioether (sulfide) groups is 1. The number of rotatable bonds is 8. The van der Waals surface area contributed by atoms with Gasteiger partial charge in [0.2, 0.25) is 0 Å². The summed E-state index contributed by atoms with van der Waals surface area (Å²) in [6.45, 7) is 0. The van der Waals surface area contributed by atoms with E-state index in [4.69, 9.17) is 5.11 Å². The van der Waals surface area contributed by atoms with Gasteiger partial charge < -0.3 is 5.11 Å². The maximum atomic E-state index is 11.0. The average molecular weight is 252 g/mol. The standard InChI is InChI=1S/C14H20O2S/c1-17-11-10-13(14(15)16)9-5-8-12-6-3-2-4-7-12/h2-4,6-7,13H,5,8-11H2,1H3,(H,15,16). The van der Waals surface area contributed by atoms with Crippen molar-refractivity contribution < 1.29 is 9.90 Å². The molecule has 0 amide bonds. The van der Waals surface area contributed by atoms with Crippen LogP contribution in [0.1, 0.15) is 24.8 Å². The largest absolute Gasteiger partial charge is 0.481 e. The monoisotopic (exact) mass is 252 g/mol. The number of aliphatic carboxylic acids is 1. The van der Waals surface area contributed by atoms with E-state index < -0.39 is 5.97 Å². The van der Waals surface area contributed by atoms with Crippen LogP contribution in [0.4, 0.5) is 0 Å². The summed E-state index contributed by atoms with van der Waals surface area (Å²) in [4.78, 5) is 11.0. The van der Waals surface area contributed by atoms with Gasteiger partial charge in [0, 0.05) is 0 Å². The number of hydrogen-bond donors (Lipinski definition) is 1. The van der Waals surface area contributed by atoms with Gasteiger partial charge in [0.05, 0.1) is 5.92 Å². The van der Waals surface area contributed by atoms with Crippen molar-refractivity contribution in [3.8, 4) is 0 Å². The van der Waals surface area contributed by atoms with Crippen molar-refractivity contribution in [2.75, 3.05) is 12.0 Å². The second-order valence-corrected chi connectivity index (χ2v) is 5.18. The highest BCUT2D eigenvalue weighted by Gasteiger charge is 2.16. The highest BCUT2D eigenvalue weighted by atomic mass is 32.2. The van der Waals surface area contributed by atoms with Crippen molar-refractivity contribution in [1.82, 2.24) is 0 Å². The lowest BCUT2D eigenvalue weighted by Crippen LogP contribution is -2.14. The molecule has 2 nitrogen and oxygen atoms in total. The molecule has 0 heterocycles. The molecule has 0 aliphatic rings. The molecule has 0 spiro atoms. The van der Waals surface area contributed by atoms with Crippen LogP contribution in [0, 0.1) is 5.92 Å². The first-order valence-corrected chi connectivity index (χ1v) is 7.39. The van der Waals surface area contributed by atoms with Crippen LogP contribution in [0.15, 0.2) is 30.3 Å². The fourth-order valence-corrected chi connectivity index (χ4v) is 2.37. The molecular formula is C14H20O2S. The van der Waals surface area contributed by atoms with E-state index in [1.807, 2.05) is 24.5 Å². The number of benzene rings is 1. The van der Waals surface area contributed by atoms with Crippen molar-refractivity contribution in [3.05, 3.63) is 35.9 Å². The predicted molar refractivity (Wildman–Crippen MR) is 73.5 cm³/mol. The zero-order chi connectivity index (χ0) is 12.5. The van der Waals surface area contributed by atoms with E-state index in [1.54, 1.807) is 11.8 Å². The summed E-state index contributed by atoms with van der Waals surface area (Å²) in [5.41, 5.74) is 1.29. The number of carboxylic acid groups (broad SMARTS) is 1. The molecule has 17 heavy (non-hydrogen) atoms. The van der Waals surface area contributed by atoms with Gasteiger partial charge in [-0.05, 0) is 43.3 Å². The molecule has 0 bridgehead atoms. The van der Waals surface area contributed by atoms with E-state index >= 15 is 0 Å². The Balaban J connectivity index is 2.29. The second kappa shape index (κ2) is 8.18. The van der Waals surface area contributed by atoms with Crippen molar-refractivity contribution in [3.63, 3.8) is 0 Å². The predicted octanol–water partition coefficient (Wildman–Crippen LogP) is 3.46. The molecule has 0 aliphatic heterocycles. The number of carboxylic acids is 1. The lowest BCUT2D eigenvalue weighted by atomic mass is 9.97. The van der Waals surface area contributed by atoms with Crippen LogP contribution in [0.2, 0.25) is 0 Å². The molecule has 0 aliphatic carbocycles. The summed E-state index contributed by atoms with van der Waals surface area (Å²) < 4.78 is 0. The minimum atomic E-state index is -0.646. The number of aryl methyl sites for hydroxylation is 1. The third kappa shape index (κ3) is 5.78. The van der Waals surface area contributed by atoms with Crippen LogP contribution < -0.4 is 0 Å². The Morgan fingerprint density at radius 2 is 2.00 bits per heavy atom. The maximum Gasteiger partial charge on any atom is 0.306 e. The van der Waals surface area contributed by atoms with E-state index in [0.29, 0.717) is 0 Å². The molecule has 0 aromatic heterocycles. The summed E-state index contributed by atoms with van der Waals surface area (Å²) in [6.07, 6.45) is 5.51. The molecule has 3 heteroatoms. The SMILES string of the molecule is CSCCC(CCCc1ccccc1)C(=O)O. The molecule has 1 rings (SSSR count). The van der Waals surface area contributed by atoms with Crippen LogP contribution in [0.3, 0.4) is 0 Å². The lowest BCUT2D eigenvalue weighted by Gasteiger charge is -2.11. The first-order valence-electron chi connectivity index (χ1n) is 5.99. The molecule has 0 fully saturated rings. The van der Waals surface area contributed by atoms with Gasteiger partial charge >= 0.3 is 5.97 Å². The number of carbonyl (C=O) groups is 1. The van der Waals surface area contributed by atoms with Crippen molar-refractivity contribution in [1.29, 1.82) is 0 Å². The van der Waals surface area contributed by atoms with Crippen LogP contribution in [-0.2, 0) is 11.2 Å². The average Bonchev–Trinajstić information content (AvgIpc) is 2.34. The minimum Gasteiger partial charge on any atom is -0.481 e. The second-order valence-electron chi connectivity index (χ2n) is 4.19. The van der Waals surface area contributed by atoms with Crippen LogP contribution in [0.5, 0.6) is 0 Å². The topological polar surface area (TPSA) is 37.3 Å². The summed E-state index contributed by atoms with van der Waals surface area (Å²) in [7, 11) is 0. The molecule has 1 unspecified atom stereocenters. The highest BCUT2D eigenvalue weighted by Crippen LogP contribution is 2.16. The van der Waals surface area contributed by atoms with Crippen molar-refractivity contribution in [2.24, 2.45) is 5.92 Å². The Bertz CT molecular complexity index is 324. The summed E-state index contributed by atoms with van der Waals surface area (Å²) in [5.74, 6) is 0.112. The third-order valence-corrected chi connectivity index (χ3v) is 3.52. The quantitative estimate of drug-likeness (QED) is 0.770. The van der Waals surface area contributed by atoms with E-state index in [-0.39, 0.29) is 5.92 Å². The van der Waals surface area contributed by atoms with E-state index in [2.05, 4.69) is 12.1 Å². The van der Waals surface area contributed by atoms with Crippen LogP contribution >= 0.6 is 11.8 Å². The van der Waals surface area contributed by atoms with Gasteiger partial charge in [0.1, 0.15) is 0 Å². The molecule has 0 saturated heterocycles. The lowest BCUT2D eigenvalue weighted by molar-refractivity contribution is -0.142. The molecule has 1 aromatic rings. The van der Waals surface area contributed by atoms with Gasteiger partial charge in [-0.25, -0.2) is 0 Å². The first-order chi connectivity index (χ1) is 8.24. The third-order valence-electron chi connectivity index (χ3n) is 2.88. The molecule has 0 saturated carbocycles. The van der Waals surface area contributed by atoms with Gasteiger partial charge in [-0.3, -0.25) is 4.79 Å². The molecule has 94 valence electrons. The van der Waals surface area contributed by atoms with Crippen molar-refractivity contribution in [2.45, 2.75) is 25.7 Å². The zero-order valence-electron chi connectivity index (χ0n) is 10.3. The van der Waals surface area contributed by atoms with Gasteiger partial charge in [-0.2, -0.15) is 11.8 Å². The normalized spacial score (nSPS) is 12.3. The minimum absolute atomic E-state index is 0.175. The van der Waals surface area contributed by atoms with Crippen molar-refractivity contribution >= 4 is 17.7 Å². The summed E-state index contributed by atoms with van der Waals surface area (Å²) in [6, 6.07) is 10.2. The van der Waals surface area contributed by atoms with E-state index in [0.717, 1.165) is 31.4 Å². The molecule has 0 radical (unpaired) electrons. The Hall–Kier alpha value is -0.960. The van der Waals surface area contributed by atoms with Gasteiger partial charge in [-0.15, -0.1) is 0 Å². The van der Waals surface area contributed by atoms with Gasteiger partial charge in [0.25, 0.3) is 0 Å². The Labute approximate surface area is 107 Å². The highest BCUT2D eigenvalue weighted by molar-refractivity contribution is 7.98. The number of hydrogen-bond acceptors (Lipinski definition) is 2. The van der Waals surface area contributed by atoms with Gasteiger partial charge in [-0.1, -0.05) is 30.3 Å². The molecule has 1 aromatic carbocycles. The Morgan fingerprint density at radius 3 is 2.59 bits per heavy atom. The fourth-order valence-electron chi connectivity index (χ4n) is 1.85. The molecule has 1 atom stereocenters. The molecular weight excluding hydrogens is 232 g/mol. The molecule has 1 N–H and O–H groups in total. The van der Waals surface area contributed by atoms with E-state index in [9.17, 15) is 4.79 Å². The fraction of sp³-hybridized carbons (Fsp3) is 0.500. The summed E-state index contributed by atoms with van der Waals surface area (Å²) in [5, 5.41) is 9.09. The zero-order valence-corrected chi connectivity index (χ0v) is 11.1. The van der Waals surface area contributed by atoms with Crippen LogP contribution in [0.25, 0.3) is 0 Å². The Kier molecular flexibility index (Phi) is 6.78. The maximum absolute atomic E-state index is 11.0. The smallest absolute Gasteiger partial charge is 0.306 e. The van der Waals surface area contributed by atoms with E-state index in [1.165, 1.54) is 5.56 Å². The first kappa shape index (κ1) is 14.1. The Morgan fingerprint density at radius 1 is 1.29 bits per heavy atom. The van der Waals surface area contributed by atoms with Gasteiger partial charge in [0.15, 0.2) is 0 Å². The van der Waals surface area contributed by atoms with Crippen LogP contribution in [-0.4, -0.2) is 23.1 Å². The summed E-state index contributed by atoms with van der Waals surface area (Å²) >= 11 is 1.71.